The number of nitrogens with one attached hydrogen (secondary N) is 2. The van der Waals surface area contributed by atoms with Crippen molar-refractivity contribution in [2.75, 3.05) is 36.2 Å². The number of benzene rings is 2. The highest BCUT2D eigenvalue weighted by atomic mass is 35.5. The number of fused-ring (bicyclic) bond motifs is 1. The van der Waals surface area contributed by atoms with Crippen molar-refractivity contribution in [3.8, 4) is 5.75 Å². The van der Waals surface area contributed by atoms with Crippen molar-refractivity contribution in [3.05, 3.63) is 84.4 Å². The van der Waals surface area contributed by atoms with Crippen molar-refractivity contribution in [2.45, 2.75) is 25.7 Å². The van der Waals surface area contributed by atoms with Crippen molar-refractivity contribution in [1.82, 2.24) is 19.9 Å². The summed E-state index contributed by atoms with van der Waals surface area (Å²) < 4.78 is 11.4. The van der Waals surface area contributed by atoms with Crippen LogP contribution >= 0.6 is 11.6 Å². The van der Waals surface area contributed by atoms with Gasteiger partial charge in [-0.2, -0.15) is 0 Å². The van der Waals surface area contributed by atoms with E-state index in [-0.39, 0.29) is 5.91 Å². The van der Waals surface area contributed by atoms with E-state index >= 15 is 0 Å². The molecule has 0 aliphatic carbocycles. The third-order valence-corrected chi connectivity index (χ3v) is 6.96. The molecule has 12 heteroatoms. The number of hydrogen-bond acceptors (Lipinski definition) is 9. The number of nitrogens with zero attached hydrogens (tertiary/aromatic N) is 5. The van der Waals surface area contributed by atoms with E-state index < -0.39 is 12.3 Å². The number of hydrogen-bond donors (Lipinski definition) is 2. The summed E-state index contributed by atoms with van der Waals surface area (Å²) in [5.41, 5.74) is 3.34. The first-order chi connectivity index (χ1) is 20.3. The Bertz CT molecular complexity index is 1620. The molecule has 216 valence electrons. The molecule has 1 aliphatic heterocycles. The zero-order valence-electron chi connectivity index (χ0n) is 23.2. The number of ether oxygens (including phenoxy) is 2. The molecule has 11 nitrogen and oxygen atoms in total. The Morgan fingerprint density at radius 2 is 2.02 bits per heavy atom. The van der Waals surface area contributed by atoms with E-state index in [1.165, 1.54) is 17.3 Å². The number of rotatable bonds is 9. The zero-order chi connectivity index (χ0) is 29.6. The lowest BCUT2D eigenvalue weighted by molar-refractivity contribution is -0.132. The summed E-state index contributed by atoms with van der Waals surface area (Å²) in [6, 6.07) is 14.6. The van der Waals surface area contributed by atoms with Crippen LogP contribution in [0.1, 0.15) is 18.5 Å². The molecule has 0 saturated carbocycles. The number of carbonyl (C=O) groups excluding carboxylic acids is 2. The first-order valence-corrected chi connectivity index (χ1v) is 13.7. The fourth-order valence-corrected chi connectivity index (χ4v) is 4.86. The molecule has 0 unspecified atom stereocenters. The Morgan fingerprint density at radius 1 is 1.17 bits per heavy atom. The summed E-state index contributed by atoms with van der Waals surface area (Å²) in [6.45, 7) is 4.33. The van der Waals surface area contributed by atoms with Crippen LogP contribution in [0, 0.1) is 0 Å². The fourth-order valence-electron chi connectivity index (χ4n) is 4.62. The SMILES string of the molecule is C=CC(=O)N1CCC[C@@H]1OC(=O)Nc1cc2c(Nc3ccc(OCc4ccccn4)c(Cl)c3)ncnc2cc1N(C)C. The van der Waals surface area contributed by atoms with E-state index in [0.29, 0.717) is 64.1 Å². The van der Waals surface area contributed by atoms with Gasteiger partial charge in [0.2, 0.25) is 5.91 Å². The molecule has 2 aromatic carbocycles. The number of likely N-dealkylation sites (tertiary alicyclic amines) is 1. The molecule has 3 heterocycles. The van der Waals surface area contributed by atoms with Crippen LogP contribution in [0.3, 0.4) is 0 Å². The number of carbonyl (C=O) groups is 2. The summed E-state index contributed by atoms with van der Waals surface area (Å²) in [6.07, 6.45) is 4.36. The predicted molar refractivity (Wildman–Crippen MR) is 162 cm³/mol. The highest BCUT2D eigenvalue weighted by Gasteiger charge is 2.30. The number of pyridine rings is 1. The third-order valence-electron chi connectivity index (χ3n) is 6.67. The Morgan fingerprint density at radius 3 is 2.76 bits per heavy atom. The minimum Gasteiger partial charge on any atom is -0.486 e. The average Bonchev–Trinajstić information content (AvgIpc) is 3.44. The van der Waals surface area contributed by atoms with Crippen LogP contribution < -0.4 is 20.3 Å². The lowest BCUT2D eigenvalue weighted by atomic mass is 10.1. The summed E-state index contributed by atoms with van der Waals surface area (Å²) >= 11 is 6.51. The number of aromatic nitrogens is 3. The highest BCUT2D eigenvalue weighted by Crippen LogP contribution is 2.35. The van der Waals surface area contributed by atoms with Gasteiger partial charge in [-0.15, -0.1) is 0 Å². The largest absolute Gasteiger partial charge is 0.486 e. The van der Waals surface area contributed by atoms with E-state index in [9.17, 15) is 9.59 Å². The summed E-state index contributed by atoms with van der Waals surface area (Å²) in [5, 5.41) is 7.20. The molecular formula is C30H30ClN7O4. The summed E-state index contributed by atoms with van der Waals surface area (Å²) in [4.78, 5) is 41.5. The first-order valence-electron chi connectivity index (χ1n) is 13.3. The molecule has 2 aromatic heterocycles. The Balaban J connectivity index is 1.36. The van der Waals surface area contributed by atoms with Gasteiger partial charge >= 0.3 is 6.09 Å². The zero-order valence-corrected chi connectivity index (χ0v) is 24.0. The third kappa shape index (κ3) is 6.52. The minimum atomic E-state index is -0.675. The van der Waals surface area contributed by atoms with Crippen molar-refractivity contribution >= 4 is 57.4 Å². The maximum Gasteiger partial charge on any atom is 0.413 e. The molecule has 1 saturated heterocycles. The molecule has 2 N–H and O–H groups in total. The van der Waals surface area contributed by atoms with Gasteiger partial charge in [0.25, 0.3) is 0 Å². The molecule has 42 heavy (non-hydrogen) atoms. The monoisotopic (exact) mass is 587 g/mol. The summed E-state index contributed by atoms with van der Waals surface area (Å²) in [5.74, 6) is 0.765. The lowest BCUT2D eigenvalue weighted by Gasteiger charge is -2.24. The minimum absolute atomic E-state index is 0.272. The average molecular weight is 588 g/mol. The second-order valence-corrected chi connectivity index (χ2v) is 10.2. The van der Waals surface area contributed by atoms with Crippen LogP contribution in [-0.2, 0) is 16.1 Å². The van der Waals surface area contributed by atoms with E-state index in [0.717, 1.165) is 12.1 Å². The second-order valence-electron chi connectivity index (χ2n) is 9.75. The van der Waals surface area contributed by atoms with Crippen LogP contribution in [-0.4, -0.2) is 58.7 Å². The van der Waals surface area contributed by atoms with Gasteiger partial charge in [-0.3, -0.25) is 15.1 Å². The lowest BCUT2D eigenvalue weighted by Crippen LogP contribution is -2.38. The molecule has 4 aromatic rings. The first kappa shape index (κ1) is 28.6. The maximum atomic E-state index is 12.9. The van der Waals surface area contributed by atoms with E-state index in [2.05, 4.69) is 32.2 Å². The Labute approximate surface area is 248 Å². The Hall–Kier alpha value is -4.90. The quantitative estimate of drug-likeness (QED) is 0.236. The van der Waals surface area contributed by atoms with Gasteiger partial charge in [-0.1, -0.05) is 24.2 Å². The number of halogens is 1. The van der Waals surface area contributed by atoms with Gasteiger partial charge < -0.3 is 24.6 Å². The van der Waals surface area contributed by atoms with Crippen LogP contribution in [0.4, 0.5) is 27.7 Å². The standard InChI is InChI=1S/C30H30ClN7O4/c1-4-27(39)38-13-7-9-28(38)42-30(40)36-24-15-21-23(16-25(24)37(2)3)33-18-34-29(21)35-19-10-11-26(22(31)14-19)41-17-20-8-5-6-12-32-20/h4-6,8,10-12,14-16,18,28H,1,7,9,13,17H2,2-3H3,(H,36,40)(H,33,34,35)/t28-/m0/s1. The smallest absolute Gasteiger partial charge is 0.413 e. The van der Waals surface area contributed by atoms with E-state index in [4.69, 9.17) is 21.1 Å². The molecule has 0 radical (unpaired) electrons. The molecular weight excluding hydrogens is 558 g/mol. The highest BCUT2D eigenvalue weighted by molar-refractivity contribution is 6.32. The normalized spacial score (nSPS) is 14.4. The van der Waals surface area contributed by atoms with E-state index in [1.807, 2.05) is 49.3 Å². The van der Waals surface area contributed by atoms with Crippen molar-refractivity contribution < 1.29 is 19.1 Å². The number of amides is 2. The van der Waals surface area contributed by atoms with Gasteiger partial charge in [0.1, 0.15) is 24.5 Å². The van der Waals surface area contributed by atoms with Gasteiger partial charge in [-0.05, 0) is 55.0 Å². The Kier molecular flexibility index (Phi) is 8.68. The summed E-state index contributed by atoms with van der Waals surface area (Å²) in [7, 11) is 3.72. The molecule has 0 bridgehead atoms. The van der Waals surface area contributed by atoms with E-state index in [1.54, 1.807) is 24.4 Å². The molecule has 5 rings (SSSR count). The molecule has 0 spiro atoms. The maximum absolute atomic E-state index is 12.9. The topological polar surface area (TPSA) is 122 Å². The van der Waals surface area contributed by atoms with Gasteiger partial charge in [0.05, 0.1) is 27.6 Å². The van der Waals surface area contributed by atoms with Crippen LogP contribution in [0.5, 0.6) is 5.75 Å². The van der Waals surface area contributed by atoms with Gasteiger partial charge in [0.15, 0.2) is 6.23 Å². The molecule has 1 aliphatic rings. The van der Waals surface area contributed by atoms with Crippen LogP contribution in [0.25, 0.3) is 10.9 Å². The van der Waals surface area contributed by atoms with Crippen molar-refractivity contribution in [3.63, 3.8) is 0 Å². The van der Waals surface area contributed by atoms with Gasteiger partial charge in [0, 0.05) is 44.3 Å². The van der Waals surface area contributed by atoms with Gasteiger partial charge in [-0.25, -0.2) is 14.8 Å². The fraction of sp³-hybridized carbons (Fsp3) is 0.233. The van der Waals surface area contributed by atoms with Crippen molar-refractivity contribution in [1.29, 1.82) is 0 Å². The van der Waals surface area contributed by atoms with Crippen LogP contribution in [0.15, 0.2) is 73.7 Å². The van der Waals surface area contributed by atoms with Crippen LogP contribution in [0.2, 0.25) is 5.02 Å². The molecule has 2 amide bonds. The predicted octanol–water partition coefficient (Wildman–Crippen LogP) is 5.75. The molecule has 1 atom stereocenters. The number of anilines is 4. The molecule has 1 fully saturated rings. The van der Waals surface area contributed by atoms with Crippen molar-refractivity contribution in [2.24, 2.45) is 0 Å². The second kappa shape index (κ2) is 12.7.